The van der Waals surface area contributed by atoms with Crippen molar-refractivity contribution in [3.63, 3.8) is 0 Å². The van der Waals surface area contributed by atoms with Crippen molar-refractivity contribution in [1.82, 2.24) is 0 Å². The number of fused-ring (bicyclic) bond motifs is 2. The lowest BCUT2D eigenvalue weighted by atomic mass is 9.89. The molecular formula is C26H24O8. The highest BCUT2D eigenvalue weighted by molar-refractivity contribution is 5.93. The summed E-state index contributed by atoms with van der Waals surface area (Å²) in [5.74, 6) is -5.00. The maximum absolute atomic E-state index is 13.0. The second kappa shape index (κ2) is 8.37. The molecule has 2 heterocycles. The minimum atomic E-state index is -2.02. The molecule has 4 rings (SSSR count). The zero-order valence-electron chi connectivity index (χ0n) is 19.1. The van der Waals surface area contributed by atoms with Gasteiger partial charge in [0.1, 0.15) is 28.6 Å². The van der Waals surface area contributed by atoms with E-state index in [1.54, 1.807) is 24.3 Å². The number of carbonyl (C=O) groups is 1. The van der Waals surface area contributed by atoms with Crippen LogP contribution in [-0.2, 0) is 4.79 Å². The molecule has 2 aromatic heterocycles. The van der Waals surface area contributed by atoms with E-state index in [0.29, 0.717) is 11.1 Å². The fourth-order valence-corrected chi connectivity index (χ4v) is 4.30. The first-order chi connectivity index (χ1) is 16.0. The molecule has 0 fully saturated rings. The summed E-state index contributed by atoms with van der Waals surface area (Å²) in [6, 6.07) is 9.73. The molecule has 0 amide bonds. The van der Waals surface area contributed by atoms with Crippen LogP contribution in [0.5, 0.6) is 11.5 Å². The third kappa shape index (κ3) is 3.51. The smallest absolute Gasteiger partial charge is 0.344 e. The van der Waals surface area contributed by atoms with E-state index in [1.807, 2.05) is 27.7 Å². The Balaban J connectivity index is 2.07. The van der Waals surface area contributed by atoms with Crippen molar-refractivity contribution >= 4 is 27.9 Å². The Morgan fingerprint density at radius 1 is 0.735 bits per heavy atom. The predicted octanol–water partition coefficient (Wildman–Crippen LogP) is 4.77. The topological polar surface area (TPSA) is 138 Å². The first-order valence-electron chi connectivity index (χ1n) is 10.8. The van der Waals surface area contributed by atoms with E-state index < -0.39 is 45.8 Å². The molecule has 0 atom stereocenters. The molecule has 0 saturated carbocycles. The van der Waals surface area contributed by atoms with E-state index in [-0.39, 0.29) is 33.8 Å². The van der Waals surface area contributed by atoms with Gasteiger partial charge >= 0.3 is 17.2 Å². The van der Waals surface area contributed by atoms with Crippen molar-refractivity contribution in [2.75, 3.05) is 0 Å². The molecule has 0 aliphatic carbocycles. The summed E-state index contributed by atoms with van der Waals surface area (Å²) in [7, 11) is 0. The van der Waals surface area contributed by atoms with Crippen molar-refractivity contribution in [2.24, 2.45) is 0 Å². The maximum atomic E-state index is 13.0. The van der Waals surface area contributed by atoms with Crippen LogP contribution in [0.4, 0.5) is 0 Å². The lowest BCUT2D eigenvalue weighted by Gasteiger charge is -2.17. The number of carboxylic acids is 1. The fraction of sp³-hybridized carbons (Fsp3) is 0.269. The molecule has 0 spiro atoms. The van der Waals surface area contributed by atoms with Gasteiger partial charge in [-0.2, -0.15) is 0 Å². The molecule has 4 aromatic rings. The van der Waals surface area contributed by atoms with Gasteiger partial charge in [0.2, 0.25) is 0 Å². The number of rotatable bonds is 5. The highest BCUT2D eigenvalue weighted by Crippen LogP contribution is 2.40. The summed E-state index contributed by atoms with van der Waals surface area (Å²) in [5, 5.41) is 32.3. The third-order valence-corrected chi connectivity index (χ3v) is 6.01. The third-order valence-electron chi connectivity index (χ3n) is 6.01. The van der Waals surface area contributed by atoms with Crippen LogP contribution in [0.25, 0.3) is 21.9 Å². The molecule has 0 aliphatic heterocycles. The van der Waals surface area contributed by atoms with Gasteiger partial charge < -0.3 is 24.2 Å². The van der Waals surface area contributed by atoms with Crippen LogP contribution < -0.4 is 11.3 Å². The van der Waals surface area contributed by atoms with Gasteiger partial charge in [-0.15, -0.1) is 0 Å². The van der Waals surface area contributed by atoms with Gasteiger partial charge in [-0.25, -0.2) is 9.59 Å². The van der Waals surface area contributed by atoms with E-state index in [4.69, 9.17) is 8.83 Å². The van der Waals surface area contributed by atoms with Gasteiger partial charge in [0.25, 0.3) is 0 Å². The number of benzene rings is 2. The molecule has 3 N–H and O–H groups in total. The summed E-state index contributed by atoms with van der Waals surface area (Å²) < 4.78 is 10.9. The van der Waals surface area contributed by atoms with Gasteiger partial charge in [0.05, 0.1) is 21.9 Å². The van der Waals surface area contributed by atoms with Crippen LogP contribution >= 0.6 is 0 Å². The minimum absolute atomic E-state index is 0.0425. The Kier molecular flexibility index (Phi) is 5.69. The maximum Gasteiger partial charge on any atom is 0.344 e. The second-order valence-electron chi connectivity index (χ2n) is 8.83. The molecule has 8 heteroatoms. The van der Waals surface area contributed by atoms with E-state index in [0.717, 1.165) is 0 Å². The van der Waals surface area contributed by atoms with E-state index in [9.17, 15) is 29.7 Å². The molecule has 0 saturated heterocycles. The van der Waals surface area contributed by atoms with Crippen molar-refractivity contribution in [2.45, 2.75) is 45.4 Å². The summed E-state index contributed by atoms with van der Waals surface area (Å²) >= 11 is 0. The largest absolute Gasteiger partial charge is 0.507 e. The normalized spacial score (nSPS) is 11.9. The van der Waals surface area contributed by atoms with Crippen LogP contribution in [0, 0.1) is 0 Å². The average Bonchev–Trinajstić information content (AvgIpc) is 2.76. The van der Waals surface area contributed by atoms with E-state index in [2.05, 4.69) is 0 Å². The number of carboxylic acid groups (broad SMARTS) is 1. The predicted molar refractivity (Wildman–Crippen MR) is 126 cm³/mol. The molecule has 8 nitrogen and oxygen atoms in total. The highest BCUT2D eigenvalue weighted by atomic mass is 16.4. The SMILES string of the molecule is CC(C)c1cccc2c(O)c(C(C(=O)O)c3c(O)c4cccc(C(C)C)c4oc3=O)c(=O)oc12. The zero-order valence-corrected chi connectivity index (χ0v) is 19.1. The summed E-state index contributed by atoms with van der Waals surface area (Å²) in [6.45, 7) is 7.51. The van der Waals surface area contributed by atoms with Gasteiger partial charge in [0, 0.05) is 0 Å². The highest BCUT2D eigenvalue weighted by Gasteiger charge is 2.36. The van der Waals surface area contributed by atoms with Crippen molar-refractivity contribution in [3.8, 4) is 11.5 Å². The molecule has 0 aliphatic rings. The summed E-state index contributed by atoms with van der Waals surface area (Å²) in [5.41, 5.74) is -2.02. The van der Waals surface area contributed by atoms with Gasteiger partial charge in [-0.1, -0.05) is 52.0 Å². The Bertz CT molecular complexity index is 1440. The van der Waals surface area contributed by atoms with Crippen LogP contribution in [0.1, 0.15) is 67.7 Å². The Hall–Kier alpha value is -4.07. The Morgan fingerprint density at radius 2 is 1.12 bits per heavy atom. The quantitative estimate of drug-likeness (QED) is 0.359. The van der Waals surface area contributed by atoms with E-state index >= 15 is 0 Å². The summed E-state index contributed by atoms with van der Waals surface area (Å²) in [6.07, 6.45) is 0. The number of hydrogen-bond donors (Lipinski definition) is 3. The number of para-hydroxylation sites is 2. The van der Waals surface area contributed by atoms with Crippen molar-refractivity contribution in [1.29, 1.82) is 0 Å². The monoisotopic (exact) mass is 464 g/mol. The Labute approximate surface area is 193 Å². The lowest BCUT2D eigenvalue weighted by molar-refractivity contribution is -0.137. The first kappa shape index (κ1) is 23.1. The van der Waals surface area contributed by atoms with Gasteiger partial charge in [-0.05, 0) is 35.1 Å². The molecule has 0 radical (unpaired) electrons. The molecule has 0 bridgehead atoms. The lowest BCUT2D eigenvalue weighted by Crippen LogP contribution is -2.26. The number of aliphatic carboxylic acids is 1. The molecular weight excluding hydrogens is 440 g/mol. The van der Waals surface area contributed by atoms with Gasteiger partial charge in [-0.3, -0.25) is 4.79 Å². The first-order valence-corrected chi connectivity index (χ1v) is 10.8. The molecule has 34 heavy (non-hydrogen) atoms. The van der Waals surface area contributed by atoms with Crippen LogP contribution in [-0.4, -0.2) is 21.3 Å². The zero-order chi connectivity index (χ0) is 24.9. The van der Waals surface area contributed by atoms with Crippen LogP contribution in [0.15, 0.2) is 54.8 Å². The average molecular weight is 464 g/mol. The number of hydrogen-bond acceptors (Lipinski definition) is 7. The Morgan fingerprint density at radius 3 is 1.44 bits per heavy atom. The van der Waals surface area contributed by atoms with Gasteiger partial charge in [0.15, 0.2) is 0 Å². The van der Waals surface area contributed by atoms with E-state index in [1.165, 1.54) is 12.1 Å². The van der Waals surface area contributed by atoms with Crippen molar-refractivity contribution in [3.05, 3.63) is 79.5 Å². The fourth-order valence-electron chi connectivity index (χ4n) is 4.30. The summed E-state index contributed by atoms with van der Waals surface area (Å²) in [4.78, 5) is 38.3. The molecule has 2 aromatic carbocycles. The minimum Gasteiger partial charge on any atom is -0.507 e. The molecule has 0 unspecified atom stereocenters. The number of aromatic hydroxyl groups is 2. The van der Waals surface area contributed by atoms with Crippen molar-refractivity contribution < 1.29 is 28.9 Å². The van der Waals surface area contributed by atoms with Crippen LogP contribution in [0.3, 0.4) is 0 Å². The van der Waals surface area contributed by atoms with Crippen LogP contribution in [0.2, 0.25) is 0 Å². The molecule has 176 valence electrons. The second-order valence-corrected chi connectivity index (χ2v) is 8.83. The standard InChI is InChI=1S/C26H24O8/c1-11(2)13-7-5-9-15-20(27)18(25(31)33-22(13)15)17(24(29)30)19-21(28)16-10-6-8-14(12(3)4)23(16)34-26(19)32/h5-12,17,27-28H,1-4H3,(H,29,30).